The Morgan fingerprint density at radius 3 is 2.24 bits per heavy atom. The zero-order valence-corrected chi connectivity index (χ0v) is 12.5. The van der Waals surface area contributed by atoms with Crippen molar-refractivity contribution in [2.45, 2.75) is 42.9 Å². The van der Waals surface area contributed by atoms with E-state index >= 15 is 0 Å². The number of nitrogens with one attached hydrogen (secondary N) is 1. The van der Waals surface area contributed by atoms with Gasteiger partial charge in [-0.3, -0.25) is 4.79 Å². The highest BCUT2D eigenvalue weighted by atomic mass is 32.2. The number of hydrogen-bond acceptors (Lipinski definition) is 3. The monoisotopic (exact) mass is 317 g/mol. The number of carbonyl (C=O) groups is 2. The molecule has 0 bridgehead atoms. The number of carboxylic acid groups (broad SMARTS) is 1. The number of thioether (sulfide) groups is 1. The van der Waals surface area contributed by atoms with Crippen LogP contribution in [0, 0.1) is 0 Å². The molecule has 0 spiro atoms. The van der Waals surface area contributed by atoms with Gasteiger partial charge in [0.1, 0.15) is 6.04 Å². The van der Waals surface area contributed by atoms with E-state index in [1.807, 2.05) is 13.8 Å². The van der Waals surface area contributed by atoms with E-state index in [9.17, 15) is 18.4 Å². The van der Waals surface area contributed by atoms with Crippen LogP contribution in [0.1, 0.15) is 30.6 Å². The molecule has 7 heteroatoms. The van der Waals surface area contributed by atoms with Crippen molar-refractivity contribution in [3.8, 4) is 0 Å². The van der Waals surface area contributed by atoms with E-state index in [4.69, 9.17) is 5.11 Å². The van der Waals surface area contributed by atoms with Gasteiger partial charge in [-0.1, -0.05) is 13.8 Å². The van der Waals surface area contributed by atoms with Crippen LogP contribution in [-0.2, 0) is 4.79 Å². The van der Waals surface area contributed by atoms with E-state index in [-0.39, 0.29) is 5.56 Å². The van der Waals surface area contributed by atoms with E-state index in [1.54, 1.807) is 36.0 Å². The van der Waals surface area contributed by atoms with Crippen molar-refractivity contribution in [1.82, 2.24) is 5.32 Å². The Labute approximate surface area is 125 Å². The van der Waals surface area contributed by atoms with Crippen LogP contribution in [0.2, 0.25) is 0 Å². The Hall–Kier alpha value is -1.63. The van der Waals surface area contributed by atoms with Crippen LogP contribution in [0.15, 0.2) is 29.2 Å². The number of amides is 1. The third-order valence-electron chi connectivity index (χ3n) is 2.51. The maximum absolute atomic E-state index is 12.3. The number of benzene rings is 1. The molecule has 0 saturated heterocycles. The van der Waals surface area contributed by atoms with E-state index in [2.05, 4.69) is 5.32 Å². The van der Waals surface area contributed by atoms with E-state index in [0.29, 0.717) is 5.25 Å². The van der Waals surface area contributed by atoms with Crippen LogP contribution in [0.5, 0.6) is 0 Å². The average molecular weight is 317 g/mol. The first-order valence-corrected chi connectivity index (χ1v) is 7.26. The maximum atomic E-state index is 12.3. The van der Waals surface area contributed by atoms with Gasteiger partial charge in [0.05, 0.1) is 0 Å². The summed E-state index contributed by atoms with van der Waals surface area (Å²) in [6.07, 6.45) is -3.71. The molecular weight excluding hydrogens is 300 g/mol. The number of rotatable bonds is 7. The molecule has 0 aliphatic carbocycles. The molecule has 0 radical (unpaired) electrons. The lowest BCUT2D eigenvalue weighted by molar-refractivity contribution is -0.140. The summed E-state index contributed by atoms with van der Waals surface area (Å²) in [5.41, 5.74) is 0.239. The van der Waals surface area contributed by atoms with Gasteiger partial charge in [-0.2, -0.15) is 0 Å². The molecule has 1 amide bonds. The van der Waals surface area contributed by atoms with Gasteiger partial charge < -0.3 is 10.4 Å². The van der Waals surface area contributed by atoms with Crippen LogP contribution in [-0.4, -0.2) is 34.7 Å². The Kier molecular flexibility index (Phi) is 6.61. The average Bonchev–Trinajstić information content (AvgIpc) is 2.37. The van der Waals surface area contributed by atoms with Crippen LogP contribution in [0.3, 0.4) is 0 Å². The Morgan fingerprint density at radius 2 is 1.81 bits per heavy atom. The van der Waals surface area contributed by atoms with Gasteiger partial charge in [0.2, 0.25) is 6.43 Å². The van der Waals surface area contributed by atoms with Crippen LogP contribution in [0.25, 0.3) is 0 Å². The Morgan fingerprint density at radius 1 is 1.24 bits per heavy atom. The topological polar surface area (TPSA) is 66.4 Å². The molecule has 0 saturated carbocycles. The SMILES string of the molecule is CC(C)Sc1ccc(C(=O)NC(CC(F)F)C(=O)O)cc1. The van der Waals surface area contributed by atoms with Gasteiger partial charge in [0.15, 0.2) is 0 Å². The Bertz CT molecular complexity index is 491. The number of alkyl halides is 2. The fourth-order valence-electron chi connectivity index (χ4n) is 1.60. The molecule has 1 aromatic carbocycles. The molecule has 4 nitrogen and oxygen atoms in total. The van der Waals surface area contributed by atoms with E-state index < -0.39 is 30.8 Å². The van der Waals surface area contributed by atoms with Crippen molar-refractivity contribution in [3.05, 3.63) is 29.8 Å². The number of carbonyl (C=O) groups excluding carboxylic acids is 1. The number of hydrogen-bond donors (Lipinski definition) is 2. The van der Waals surface area contributed by atoms with Crippen LogP contribution < -0.4 is 5.32 Å². The molecule has 1 aromatic rings. The number of halogens is 2. The summed E-state index contributed by atoms with van der Waals surface area (Å²) in [5, 5.41) is 11.3. The van der Waals surface area contributed by atoms with Crippen molar-refractivity contribution >= 4 is 23.6 Å². The van der Waals surface area contributed by atoms with Gasteiger partial charge in [-0.15, -0.1) is 11.8 Å². The first kappa shape index (κ1) is 17.4. The van der Waals surface area contributed by atoms with E-state index in [0.717, 1.165) is 4.90 Å². The minimum Gasteiger partial charge on any atom is -0.480 e. The summed E-state index contributed by atoms with van der Waals surface area (Å²) in [5.74, 6) is -2.15. The predicted molar refractivity (Wildman–Crippen MR) is 76.9 cm³/mol. The fraction of sp³-hybridized carbons (Fsp3) is 0.429. The molecule has 21 heavy (non-hydrogen) atoms. The van der Waals surface area contributed by atoms with Gasteiger partial charge in [-0.25, -0.2) is 13.6 Å². The first-order valence-electron chi connectivity index (χ1n) is 6.38. The molecule has 1 rings (SSSR count). The van der Waals surface area contributed by atoms with Gasteiger partial charge in [0, 0.05) is 22.1 Å². The lowest BCUT2D eigenvalue weighted by Crippen LogP contribution is -2.42. The first-order chi connectivity index (χ1) is 9.79. The molecule has 0 heterocycles. The molecule has 116 valence electrons. The van der Waals surface area contributed by atoms with Crippen molar-refractivity contribution in [1.29, 1.82) is 0 Å². The molecule has 1 atom stereocenters. The minimum absolute atomic E-state index is 0.239. The normalized spacial score (nSPS) is 12.5. The van der Waals surface area contributed by atoms with Gasteiger partial charge in [-0.05, 0) is 24.3 Å². The quantitative estimate of drug-likeness (QED) is 0.759. The standard InChI is InChI=1S/C14H17F2NO3S/c1-8(2)21-10-5-3-9(4-6-10)13(18)17-11(14(19)20)7-12(15)16/h3-6,8,11-12H,7H2,1-2H3,(H,17,18)(H,19,20). The second-order valence-electron chi connectivity index (χ2n) is 4.68. The fourth-order valence-corrected chi connectivity index (χ4v) is 2.44. The smallest absolute Gasteiger partial charge is 0.326 e. The zero-order valence-electron chi connectivity index (χ0n) is 11.7. The maximum Gasteiger partial charge on any atom is 0.326 e. The molecule has 0 aromatic heterocycles. The number of carboxylic acids is 1. The second-order valence-corrected chi connectivity index (χ2v) is 6.33. The third kappa shape index (κ3) is 6.12. The highest BCUT2D eigenvalue weighted by Gasteiger charge is 2.24. The van der Waals surface area contributed by atoms with Crippen molar-refractivity contribution < 1.29 is 23.5 Å². The zero-order chi connectivity index (χ0) is 16.0. The van der Waals surface area contributed by atoms with Crippen molar-refractivity contribution in [2.75, 3.05) is 0 Å². The Balaban J connectivity index is 2.71. The van der Waals surface area contributed by atoms with Gasteiger partial charge >= 0.3 is 5.97 Å². The summed E-state index contributed by atoms with van der Waals surface area (Å²) < 4.78 is 24.5. The minimum atomic E-state index is -2.80. The highest BCUT2D eigenvalue weighted by molar-refractivity contribution is 7.99. The summed E-state index contributed by atoms with van der Waals surface area (Å²) in [6.45, 7) is 4.07. The summed E-state index contributed by atoms with van der Waals surface area (Å²) in [7, 11) is 0. The van der Waals surface area contributed by atoms with Crippen molar-refractivity contribution in [2.24, 2.45) is 0 Å². The van der Waals surface area contributed by atoms with Gasteiger partial charge in [0.25, 0.3) is 5.91 Å². The lowest BCUT2D eigenvalue weighted by atomic mass is 10.1. The number of aliphatic carboxylic acids is 1. The molecule has 1 unspecified atom stereocenters. The molecular formula is C14H17F2NO3S. The second kappa shape index (κ2) is 7.97. The summed E-state index contributed by atoms with van der Waals surface area (Å²) in [4.78, 5) is 23.7. The van der Waals surface area contributed by atoms with Crippen LogP contribution in [0.4, 0.5) is 8.78 Å². The lowest BCUT2D eigenvalue weighted by Gasteiger charge is -2.14. The molecule has 2 N–H and O–H groups in total. The predicted octanol–water partition coefficient (Wildman–Crippen LogP) is 3.03. The summed E-state index contributed by atoms with van der Waals surface area (Å²) in [6, 6.07) is 4.97. The third-order valence-corrected chi connectivity index (χ3v) is 3.52. The molecule has 0 fully saturated rings. The van der Waals surface area contributed by atoms with Crippen LogP contribution >= 0.6 is 11.8 Å². The summed E-state index contributed by atoms with van der Waals surface area (Å²) >= 11 is 1.62. The largest absolute Gasteiger partial charge is 0.480 e. The molecule has 0 aliphatic rings. The molecule has 0 aliphatic heterocycles. The van der Waals surface area contributed by atoms with E-state index in [1.165, 1.54) is 0 Å². The highest BCUT2D eigenvalue weighted by Crippen LogP contribution is 2.22. The van der Waals surface area contributed by atoms with Crippen molar-refractivity contribution in [3.63, 3.8) is 0 Å².